The number of hydrogen-bond donors (Lipinski definition) is 2. The van der Waals surface area contributed by atoms with E-state index in [9.17, 15) is 0 Å². The van der Waals surface area contributed by atoms with Crippen molar-refractivity contribution >= 4 is 16.9 Å². The normalized spacial score (nSPS) is 25.6. The van der Waals surface area contributed by atoms with Crippen molar-refractivity contribution in [2.24, 2.45) is 17.8 Å². The van der Waals surface area contributed by atoms with Crippen molar-refractivity contribution in [3.8, 4) is 22.8 Å². The molecule has 0 spiro atoms. The van der Waals surface area contributed by atoms with Crippen LogP contribution >= 0.6 is 0 Å². The first-order valence-electron chi connectivity index (χ1n) is 15.7. The van der Waals surface area contributed by atoms with Gasteiger partial charge in [-0.1, -0.05) is 18.2 Å². The van der Waals surface area contributed by atoms with Gasteiger partial charge in [0.05, 0.1) is 11.4 Å². The molecule has 1 saturated carbocycles. The zero-order valence-corrected chi connectivity index (χ0v) is 24.1. The Kier molecular flexibility index (Phi) is 6.81. The van der Waals surface area contributed by atoms with E-state index >= 15 is 0 Å². The average molecular weight is 565 g/mol. The van der Waals surface area contributed by atoms with E-state index in [1.807, 2.05) is 54.6 Å². The lowest BCUT2D eigenvalue weighted by Gasteiger charge is -2.37. The molecule has 2 aromatic heterocycles. The minimum absolute atomic E-state index is 0.306. The molecule has 9 heteroatoms. The predicted octanol–water partition coefficient (Wildman–Crippen LogP) is 4.43. The monoisotopic (exact) mass is 564 g/mol. The molecule has 0 radical (unpaired) electrons. The highest BCUT2D eigenvalue weighted by atomic mass is 16.5. The second-order valence-corrected chi connectivity index (χ2v) is 12.8. The number of rotatable bonds is 7. The van der Waals surface area contributed by atoms with Gasteiger partial charge in [0, 0.05) is 57.4 Å². The van der Waals surface area contributed by atoms with E-state index in [2.05, 4.69) is 29.8 Å². The molecule has 2 unspecified atom stereocenters. The van der Waals surface area contributed by atoms with Gasteiger partial charge in [-0.25, -0.2) is 14.6 Å². The second-order valence-electron chi connectivity index (χ2n) is 12.8. The molecule has 0 amide bonds. The van der Waals surface area contributed by atoms with Gasteiger partial charge in [-0.2, -0.15) is 5.10 Å². The summed E-state index contributed by atoms with van der Waals surface area (Å²) in [6.45, 7) is 8.60. The van der Waals surface area contributed by atoms with Gasteiger partial charge in [0.25, 0.3) is 0 Å². The van der Waals surface area contributed by atoms with Crippen LogP contribution in [0, 0.1) is 17.8 Å². The molecule has 4 aromatic rings. The number of likely N-dealkylation sites (tertiary alicyclic amines) is 2. The maximum absolute atomic E-state index is 6.42. The predicted molar refractivity (Wildman–Crippen MR) is 164 cm³/mol. The van der Waals surface area contributed by atoms with E-state index in [1.165, 1.54) is 45.6 Å². The Bertz CT molecular complexity index is 1510. The van der Waals surface area contributed by atoms with E-state index in [4.69, 9.17) is 15.6 Å². The number of aromatic nitrogens is 4. The van der Waals surface area contributed by atoms with Crippen molar-refractivity contribution in [2.75, 3.05) is 51.5 Å². The number of nitrogens with two attached hydrogens (primary N) is 1. The SMILES string of the molecule is Nc1ncnc2c1c(-c1ccc(Oc3ccccc3)cc1)nn2C1CCN(C2CC3CN(CC4CNC4)CC3C2)CC1. The Labute approximate surface area is 247 Å². The summed E-state index contributed by atoms with van der Waals surface area (Å²) in [7, 11) is 0. The van der Waals surface area contributed by atoms with Crippen molar-refractivity contribution < 1.29 is 4.74 Å². The zero-order chi connectivity index (χ0) is 28.0. The van der Waals surface area contributed by atoms with Crippen LogP contribution in [0.4, 0.5) is 5.82 Å². The highest BCUT2D eigenvalue weighted by Gasteiger charge is 2.43. The van der Waals surface area contributed by atoms with Crippen LogP contribution < -0.4 is 15.8 Å². The minimum atomic E-state index is 0.306. The summed E-state index contributed by atoms with van der Waals surface area (Å²) in [5.74, 6) is 4.73. The Morgan fingerprint density at radius 2 is 1.57 bits per heavy atom. The van der Waals surface area contributed by atoms with Crippen molar-refractivity contribution in [2.45, 2.75) is 37.8 Å². The molecule has 5 heterocycles. The van der Waals surface area contributed by atoms with Gasteiger partial charge in [-0.15, -0.1) is 0 Å². The fourth-order valence-corrected chi connectivity index (χ4v) is 7.91. The lowest BCUT2D eigenvalue weighted by Crippen LogP contribution is -2.48. The van der Waals surface area contributed by atoms with Crippen LogP contribution in [-0.4, -0.2) is 81.4 Å². The molecule has 4 fully saturated rings. The number of anilines is 1. The summed E-state index contributed by atoms with van der Waals surface area (Å²) < 4.78 is 8.13. The molecule has 2 atom stereocenters. The van der Waals surface area contributed by atoms with Crippen molar-refractivity contribution in [1.82, 2.24) is 34.9 Å². The summed E-state index contributed by atoms with van der Waals surface area (Å²) in [6, 6.07) is 18.9. The van der Waals surface area contributed by atoms with E-state index < -0.39 is 0 Å². The third kappa shape index (κ3) is 4.93. The summed E-state index contributed by atoms with van der Waals surface area (Å²) in [6.07, 6.45) is 6.47. The quantitative estimate of drug-likeness (QED) is 0.340. The Morgan fingerprint density at radius 1 is 0.857 bits per heavy atom. The second kappa shape index (κ2) is 10.9. The molecule has 218 valence electrons. The molecule has 2 aromatic carbocycles. The van der Waals surface area contributed by atoms with Crippen LogP contribution in [0.2, 0.25) is 0 Å². The average Bonchev–Trinajstić information content (AvgIpc) is 3.69. The summed E-state index contributed by atoms with van der Waals surface area (Å²) in [5.41, 5.74) is 9.07. The first-order valence-corrected chi connectivity index (χ1v) is 15.7. The first-order chi connectivity index (χ1) is 20.7. The summed E-state index contributed by atoms with van der Waals surface area (Å²) >= 11 is 0. The van der Waals surface area contributed by atoms with E-state index in [1.54, 1.807) is 6.33 Å². The fraction of sp³-hybridized carbons (Fsp3) is 0.485. The van der Waals surface area contributed by atoms with Crippen molar-refractivity contribution in [3.63, 3.8) is 0 Å². The van der Waals surface area contributed by atoms with Crippen LogP contribution in [0.15, 0.2) is 60.9 Å². The van der Waals surface area contributed by atoms with Gasteiger partial charge in [0.15, 0.2) is 5.65 Å². The topological polar surface area (TPSA) is 97.4 Å². The van der Waals surface area contributed by atoms with Gasteiger partial charge in [0.1, 0.15) is 29.3 Å². The van der Waals surface area contributed by atoms with Crippen LogP contribution in [0.25, 0.3) is 22.3 Å². The number of hydrogen-bond acceptors (Lipinski definition) is 8. The molecule has 42 heavy (non-hydrogen) atoms. The third-order valence-corrected chi connectivity index (χ3v) is 10.2. The summed E-state index contributed by atoms with van der Waals surface area (Å²) in [5, 5.41) is 9.40. The molecule has 4 aliphatic rings. The molecule has 1 aliphatic carbocycles. The molecular formula is C33H40N8O. The molecule has 8 rings (SSSR count). The maximum atomic E-state index is 6.42. The molecule has 0 bridgehead atoms. The maximum Gasteiger partial charge on any atom is 0.164 e. The van der Waals surface area contributed by atoms with E-state index in [-0.39, 0.29) is 0 Å². The minimum Gasteiger partial charge on any atom is -0.457 e. The highest BCUT2D eigenvalue weighted by molar-refractivity contribution is 5.98. The molecule has 9 nitrogen and oxygen atoms in total. The number of para-hydroxylation sites is 1. The number of nitrogens with zero attached hydrogens (tertiary/aromatic N) is 6. The fourth-order valence-electron chi connectivity index (χ4n) is 7.91. The zero-order valence-electron chi connectivity index (χ0n) is 24.1. The van der Waals surface area contributed by atoms with Crippen molar-refractivity contribution in [1.29, 1.82) is 0 Å². The van der Waals surface area contributed by atoms with Gasteiger partial charge >= 0.3 is 0 Å². The van der Waals surface area contributed by atoms with E-state index in [0.29, 0.717) is 11.9 Å². The van der Waals surface area contributed by atoms with Gasteiger partial charge in [-0.3, -0.25) is 0 Å². The number of ether oxygens (including phenoxy) is 1. The lowest BCUT2D eigenvalue weighted by atomic mass is 10.0. The third-order valence-electron chi connectivity index (χ3n) is 10.2. The van der Waals surface area contributed by atoms with Crippen LogP contribution in [-0.2, 0) is 0 Å². The Balaban J connectivity index is 0.948. The van der Waals surface area contributed by atoms with Crippen LogP contribution in [0.1, 0.15) is 31.7 Å². The molecule has 3 N–H and O–H groups in total. The number of nitrogen functional groups attached to an aromatic ring is 1. The number of benzene rings is 2. The standard InChI is InChI=1S/C33H40N8O/c34-32-30-31(23-6-8-29(9-7-23)42-28-4-2-1-3-5-28)38-41(33(30)37-21-36-32)26-10-12-40(13-11-26)27-14-24-19-39(20-25(24)15-27)18-22-16-35-17-22/h1-9,21-22,24-27,35H,10-20H2,(H2,34,36,37). The molecule has 3 saturated heterocycles. The molecule has 3 aliphatic heterocycles. The Morgan fingerprint density at radius 3 is 2.26 bits per heavy atom. The van der Waals surface area contributed by atoms with Gasteiger partial charge in [0.2, 0.25) is 0 Å². The van der Waals surface area contributed by atoms with Gasteiger partial charge < -0.3 is 25.6 Å². The van der Waals surface area contributed by atoms with Crippen LogP contribution in [0.5, 0.6) is 11.5 Å². The smallest absolute Gasteiger partial charge is 0.164 e. The summed E-state index contributed by atoms with van der Waals surface area (Å²) in [4.78, 5) is 14.5. The first kappa shape index (κ1) is 26.1. The number of piperidine rings is 1. The Hall–Kier alpha value is -3.53. The lowest BCUT2D eigenvalue weighted by molar-refractivity contribution is 0.122. The number of fused-ring (bicyclic) bond motifs is 2. The van der Waals surface area contributed by atoms with E-state index in [0.717, 1.165) is 83.5 Å². The highest BCUT2D eigenvalue weighted by Crippen LogP contribution is 2.42. The number of nitrogens with one attached hydrogen (secondary N) is 1. The largest absolute Gasteiger partial charge is 0.457 e. The molecular weight excluding hydrogens is 524 g/mol. The van der Waals surface area contributed by atoms with Crippen molar-refractivity contribution in [3.05, 3.63) is 60.9 Å². The van der Waals surface area contributed by atoms with Gasteiger partial charge in [-0.05, 0) is 79.8 Å². The van der Waals surface area contributed by atoms with Crippen LogP contribution in [0.3, 0.4) is 0 Å².